The maximum absolute atomic E-state index is 11.1. The van der Waals surface area contributed by atoms with Crippen LogP contribution in [0.25, 0.3) is 6.08 Å². The Labute approximate surface area is 110 Å². The zero-order valence-corrected chi connectivity index (χ0v) is 11.3. The summed E-state index contributed by atoms with van der Waals surface area (Å²) < 4.78 is 5.26. The largest absolute Gasteiger partial charge is 0.431 e. The second-order valence-corrected chi connectivity index (χ2v) is 4.43. The summed E-state index contributed by atoms with van der Waals surface area (Å²) in [6.45, 7) is 3.64. The number of hydrogen-bond donors (Lipinski definition) is 0. The summed E-state index contributed by atoms with van der Waals surface area (Å²) in [6.07, 6.45) is 7.48. The molecule has 0 fully saturated rings. The van der Waals surface area contributed by atoms with Crippen LogP contribution in [0.2, 0.25) is 0 Å². The van der Waals surface area contributed by atoms with Crippen molar-refractivity contribution in [3.63, 3.8) is 0 Å². The fourth-order valence-electron chi connectivity index (χ4n) is 1.80. The van der Waals surface area contributed by atoms with Gasteiger partial charge < -0.3 is 4.74 Å². The van der Waals surface area contributed by atoms with Crippen molar-refractivity contribution in [2.24, 2.45) is 0 Å². The Morgan fingerprint density at radius 3 is 2.50 bits per heavy atom. The smallest absolute Gasteiger partial charge is 0.307 e. The first kappa shape index (κ1) is 14.5. The number of allylic oxidation sites excluding steroid dienone is 1. The summed E-state index contributed by atoms with van der Waals surface area (Å²) in [5.41, 5.74) is 1.07. The van der Waals surface area contributed by atoms with Crippen LogP contribution in [0.3, 0.4) is 0 Å². The minimum absolute atomic E-state index is 0.243. The molecule has 98 valence electrons. The van der Waals surface area contributed by atoms with Crippen LogP contribution >= 0.6 is 0 Å². The summed E-state index contributed by atoms with van der Waals surface area (Å²) >= 11 is 0. The molecule has 2 heteroatoms. The van der Waals surface area contributed by atoms with E-state index in [0.717, 1.165) is 24.2 Å². The molecular formula is C16H22O2. The molecule has 0 spiro atoms. The van der Waals surface area contributed by atoms with E-state index < -0.39 is 0 Å². The van der Waals surface area contributed by atoms with Crippen molar-refractivity contribution in [3.05, 3.63) is 41.7 Å². The van der Waals surface area contributed by atoms with Gasteiger partial charge in [0.15, 0.2) is 0 Å². The first-order valence-electron chi connectivity index (χ1n) is 6.66. The molecule has 0 atom stereocenters. The van der Waals surface area contributed by atoms with Crippen molar-refractivity contribution in [1.29, 1.82) is 0 Å². The van der Waals surface area contributed by atoms with Crippen LogP contribution in [0.1, 0.15) is 51.5 Å². The van der Waals surface area contributed by atoms with Gasteiger partial charge in [0.25, 0.3) is 0 Å². The highest BCUT2D eigenvalue weighted by Gasteiger charge is 2.03. The van der Waals surface area contributed by atoms with Crippen LogP contribution in [0.15, 0.2) is 36.1 Å². The van der Waals surface area contributed by atoms with E-state index in [1.165, 1.54) is 26.2 Å². The number of unbranched alkanes of at least 4 members (excludes halogenated alkanes) is 3. The number of esters is 1. The minimum atomic E-state index is -0.243. The highest BCUT2D eigenvalue weighted by molar-refractivity contribution is 5.68. The van der Waals surface area contributed by atoms with E-state index in [4.69, 9.17) is 4.74 Å². The molecule has 0 saturated heterocycles. The first-order chi connectivity index (χ1) is 8.72. The van der Waals surface area contributed by atoms with Crippen LogP contribution in [-0.4, -0.2) is 5.97 Å². The van der Waals surface area contributed by atoms with Gasteiger partial charge in [0.2, 0.25) is 0 Å². The average molecular weight is 246 g/mol. The third-order valence-corrected chi connectivity index (χ3v) is 2.68. The van der Waals surface area contributed by atoms with Gasteiger partial charge in [0.05, 0.1) is 0 Å². The van der Waals surface area contributed by atoms with Gasteiger partial charge in [-0.2, -0.15) is 0 Å². The summed E-state index contributed by atoms with van der Waals surface area (Å²) in [5.74, 6) is 0.525. The summed E-state index contributed by atoms with van der Waals surface area (Å²) in [7, 11) is 0. The molecular weight excluding hydrogens is 224 g/mol. The van der Waals surface area contributed by atoms with Gasteiger partial charge >= 0.3 is 5.97 Å². The lowest BCUT2D eigenvalue weighted by Gasteiger charge is -2.07. The van der Waals surface area contributed by atoms with E-state index in [9.17, 15) is 4.79 Å². The second kappa shape index (κ2) is 8.51. The number of benzene rings is 1. The molecule has 0 aliphatic carbocycles. The van der Waals surface area contributed by atoms with Crippen molar-refractivity contribution >= 4 is 12.0 Å². The van der Waals surface area contributed by atoms with Crippen molar-refractivity contribution in [2.45, 2.75) is 46.0 Å². The number of carbonyl (C=O) groups is 1. The highest BCUT2D eigenvalue weighted by atomic mass is 16.5. The highest BCUT2D eigenvalue weighted by Crippen LogP contribution is 2.15. The van der Waals surface area contributed by atoms with Gasteiger partial charge in [-0.15, -0.1) is 0 Å². The number of hydrogen-bond acceptors (Lipinski definition) is 2. The number of ether oxygens (including phenoxy) is 1. The minimum Gasteiger partial charge on any atom is -0.431 e. The zero-order chi connectivity index (χ0) is 13.2. The fraction of sp³-hybridized carbons (Fsp3) is 0.438. The maximum atomic E-state index is 11.1. The van der Waals surface area contributed by atoms with Gasteiger partial charge in [-0.25, -0.2) is 0 Å². The molecule has 1 aromatic carbocycles. The molecule has 0 saturated carbocycles. The second-order valence-electron chi connectivity index (χ2n) is 4.43. The lowest BCUT2D eigenvalue weighted by Crippen LogP contribution is -1.99. The van der Waals surface area contributed by atoms with Gasteiger partial charge in [-0.1, -0.05) is 56.5 Å². The van der Waals surface area contributed by atoms with Crippen molar-refractivity contribution in [3.8, 4) is 0 Å². The molecule has 0 aliphatic heterocycles. The molecule has 0 bridgehead atoms. The predicted molar refractivity (Wildman–Crippen MR) is 74.9 cm³/mol. The summed E-state index contributed by atoms with van der Waals surface area (Å²) in [4.78, 5) is 11.1. The zero-order valence-electron chi connectivity index (χ0n) is 11.3. The fourth-order valence-corrected chi connectivity index (χ4v) is 1.80. The van der Waals surface area contributed by atoms with Crippen LogP contribution in [0, 0.1) is 0 Å². The lowest BCUT2D eigenvalue weighted by molar-refractivity contribution is -0.136. The topological polar surface area (TPSA) is 26.3 Å². The van der Waals surface area contributed by atoms with Crippen LogP contribution in [0.4, 0.5) is 0 Å². The number of rotatable bonds is 7. The Morgan fingerprint density at radius 1 is 1.17 bits per heavy atom. The molecule has 1 aromatic rings. The van der Waals surface area contributed by atoms with Gasteiger partial charge in [0.1, 0.15) is 5.76 Å². The van der Waals surface area contributed by atoms with E-state index >= 15 is 0 Å². The predicted octanol–water partition coefficient (Wildman–Crippen LogP) is 4.56. The Kier molecular flexibility index (Phi) is 6.85. The number of carbonyl (C=O) groups excluding carboxylic acids is 1. The molecule has 0 unspecified atom stereocenters. The maximum Gasteiger partial charge on any atom is 0.307 e. The van der Waals surface area contributed by atoms with E-state index in [0.29, 0.717) is 0 Å². The van der Waals surface area contributed by atoms with Crippen LogP contribution in [-0.2, 0) is 9.53 Å². The van der Waals surface area contributed by atoms with Crippen molar-refractivity contribution in [1.82, 2.24) is 0 Å². The monoisotopic (exact) mass is 246 g/mol. The molecule has 0 N–H and O–H groups in total. The van der Waals surface area contributed by atoms with E-state index in [-0.39, 0.29) is 5.97 Å². The van der Waals surface area contributed by atoms with Crippen molar-refractivity contribution in [2.75, 3.05) is 0 Å². The standard InChI is InChI=1S/C16H22O2/c1-3-4-5-9-12-16(18-14(2)17)13-15-10-7-6-8-11-15/h6-8,10-11,13H,3-5,9,12H2,1-2H3/b16-13+. The van der Waals surface area contributed by atoms with Crippen LogP contribution in [0.5, 0.6) is 0 Å². The van der Waals surface area contributed by atoms with E-state index in [2.05, 4.69) is 6.92 Å². The average Bonchev–Trinajstić information content (AvgIpc) is 2.35. The SMILES string of the molecule is CCCCCC/C(=C\c1ccccc1)OC(C)=O. The molecule has 0 amide bonds. The van der Waals surface area contributed by atoms with Gasteiger partial charge in [0, 0.05) is 13.3 Å². The third kappa shape index (κ3) is 6.24. The Balaban J connectivity index is 2.60. The van der Waals surface area contributed by atoms with E-state index in [1.54, 1.807) is 0 Å². The third-order valence-electron chi connectivity index (χ3n) is 2.68. The molecule has 18 heavy (non-hydrogen) atoms. The Morgan fingerprint density at radius 2 is 1.89 bits per heavy atom. The molecule has 1 rings (SSSR count). The Bertz CT molecular complexity index is 379. The first-order valence-corrected chi connectivity index (χ1v) is 6.66. The molecule has 0 radical (unpaired) electrons. The Hall–Kier alpha value is -1.57. The normalized spacial score (nSPS) is 11.3. The molecule has 0 heterocycles. The van der Waals surface area contributed by atoms with Gasteiger partial charge in [-0.05, 0) is 18.1 Å². The summed E-state index contributed by atoms with van der Waals surface area (Å²) in [6, 6.07) is 9.96. The van der Waals surface area contributed by atoms with E-state index in [1.807, 2.05) is 36.4 Å². The quantitative estimate of drug-likeness (QED) is 0.400. The van der Waals surface area contributed by atoms with Crippen molar-refractivity contribution < 1.29 is 9.53 Å². The van der Waals surface area contributed by atoms with Gasteiger partial charge in [-0.3, -0.25) is 4.79 Å². The summed E-state index contributed by atoms with van der Waals surface area (Å²) in [5, 5.41) is 0. The van der Waals surface area contributed by atoms with Crippen LogP contribution < -0.4 is 0 Å². The molecule has 2 nitrogen and oxygen atoms in total. The molecule has 0 aromatic heterocycles. The lowest BCUT2D eigenvalue weighted by atomic mass is 10.1. The molecule has 0 aliphatic rings.